The van der Waals surface area contributed by atoms with Gasteiger partial charge in [-0.15, -0.1) is 11.3 Å². The van der Waals surface area contributed by atoms with Crippen LogP contribution in [0.3, 0.4) is 0 Å². The van der Waals surface area contributed by atoms with E-state index in [1.165, 1.54) is 16.8 Å². The minimum Gasteiger partial charge on any atom is -0.448 e. The molecule has 1 aliphatic heterocycles. The molecule has 3 aromatic rings. The molecule has 1 atom stereocenters. The number of thiophene rings is 1. The molecule has 10 heteroatoms. The summed E-state index contributed by atoms with van der Waals surface area (Å²) in [4.78, 5) is 27.5. The quantitative estimate of drug-likeness (QED) is 0.545. The van der Waals surface area contributed by atoms with E-state index >= 15 is 0 Å². The first-order valence-corrected chi connectivity index (χ1v) is 10.6. The number of benzene rings is 1. The number of amides is 1. The van der Waals surface area contributed by atoms with E-state index in [9.17, 15) is 22.8 Å². The maximum Gasteiger partial charge on any atom is 0.416 e. The third-order valence-corrected chi connectivity index (χ3v) is 6.30. The van der Waals surface area contributed by atoms with E-state index in [0.717, 1.165) is 36.3 Å². The highest BCUT2D eigenvalue weighted by atomic mass is 32.1. The lowest BCUT2D eigenvalue weighted by Gasteiger charge is -2.20. The van der Waals surface area contributed by atoms with Crippen LogP contribution < -0.4 is 0 Å². The maximum atomic E-state index is 13.1. The second-order valence-corrected chi connectivity index (χ2v) is 8.49. The number of aromatic nitrogens is 2. The van der Waals surface area contributed by atoms with E-state index in [1.54, 1.807) is 24.8 Å². The van der Waals surface area contributed by atoms with Gasteiger partial charge in [0, 0.05) is 18.5 Å². The Bertz CT molecular complexity index is 1150. The molecule has 0 N–H and O–H groups in total. The average molecular weight is 451 g/mol. The highest BCUT2D eigenvalue weighted by molar-refractivity contribution is 7.20. The van der Waals surface area contributed by atoms with Crippen LogP contribution in [0.2, 0.25) is 0 Å². The normalized spacial score (nSPS) is 15.5. The van der Waals surface area contributed by atoms with Crippen LogP contribution in [0.15, 0.2) is 30.3 Å². The molecule has 1 unspecified atom stereocenters. The summed E-state index contributed by atoms with van der Waals surface area (Å²) in [6.07, 6.45) is -3.50. The topological polar surface area (TPSA) is 64.4 Å². The number of ether oxygens (including phenoxy) is 1. The van der Waals surface area contributed by atoms with E-state index in [1.807, 2.05) is 0 Å². The summed E-state index contributed by atoms with van der Waals surface area (Å²) in [6.45, 7) is 4.58. The van der Waals surface area contributed by atoms with Gasteiger partial charge in [-0.3, -0.25) is 4.79 Å². The molecule has 0 bridgehead atoms. The lowest BCUT2D eigenvalue weighted by molar-refractivity contribution is -0.138. The van der Waals surface area contributed by atoms with Gasteiger partial charge in [-0.1, -0.05) is 6.07 Å². The first-order chi connectivity index (χ1) is 14.6. The van der Waals surface area contributed by atoms with Gasteiger partial charge < -0.3 is 9.64 Å². The molecular formula is C21H20F3N3O3S. The third kappa shape index (κ3) is 4.16. The van der Waals surface area contributed by atoms with E-state index < -0.39 is 23.8 Å². The maximum absolute atomic E-state index is 13.1. The number of rotatable bonds is 4. The van der Waals surface area contributed by atoms with Gasteiger partial charge >= 0.3 is 12.1 Å². The summed E-state index contributed by atoms with van der Waals surface area (Å²) in [5.41, 5.74) is 0.0351. The van der Waals surface area contributed by atoms with E-state index in [-0.39, 0.29) is 16.5 Å². The lowest BCUT2D eigenvalue weighted by atomic mass is 10.2. The Morgan fingerprint density at radius 2 is 1.90 bits per heavy atom. The molecule has 164 valence electrons. The van der Waals surface area contributed by atoms with Gasteiger partial charge in [-0.2, -0.15) is 18.3 Å². The summed E-state index contributed by atoms with van der Waals surface area (Å²) in [5, 5.41) is 4.98. The molecule has 1 fully saturated rings. The Morgan fingerprint density at radius 3 is 2.58 bits per heavy atom. The molecule has 0 aliphatic carbocycles. The monoisotopic (exact) mass is 451 g/mol. The van der Waals surface area contributed by atoms with E-state index in [4.69, 9.17) is 4.74 Å². The zero-order chi connectivity index (χ0) is 22.3. The molecular weight excluding hydrogens is 431 g/mol. The molecule has 0 radical (unpaired) electrons. The number of alkyl halides is 3. The fraction of sp³-hybridized carbons (Fsp3) is 0.381. The number of carbonyl (C=O) groups excluding carboxylic acids is 2. The number of hydrogen-bond donors (Lipinski definition) is 0. The molecule has 1 aromatic carbocycles. The minimum atomic E-state index is -4.47. The van der Waals surface area contributed by atoms with Gasteiger partial charge in [0.25, 0.3) is 5.91 Å². The number of likely N-dealkylation sites (tertiary alicyclic amines) is 1. The predicted molar refractivity (Wildman–Crippen MR) is 109 cm³/mol. The molecule has 1 amide bonds. The largest absolute Gasteiger partial charge is 0.448 e. The van der Waals surface area contributed by atoms with Gasteiger partial charge in [0.1, 0.15) is 9.71 Å². The van der Waals surface area contributed by atoms with Crippen molar-refractivity contribution in [3.63, 3.8) is 0 Å². The van der Waals surface area contributed by atoms with Crippen LogP contribution in [0.25, 0.3) is 15.9 Å². The lowest BCUT2D eigenvalue weighted by Crippen LogP contribution is -2.38. The second kappa shape index (κ2) is 7.99. The van der Waals surface area contributed by atoms with Gasteiger partial charge in [-0.25, -0.2) is 9.48 Å². The number of carbonyl (C=O) groups is 2. The third-order valence-electron chi connectivity index (χ3n) is 5.21. The molecule has 0 spiro atoms. The van der Waals surface area contributed by atoms with Crippen molar-refractivity contribution < 1.29 is 27.5 Å². The van der Waals surface area contributed by atoms with Crippen LogP contribution in [0.4, 0.5) is 13.2 Å². The van der Waals surface area contributed by atoms with Crippen molar-refractivity contribution in [2.45, 2.75) is 39.0 Å². The minimum absolute atomic E-state index is 0.224. The molecule has 1 aliphatic rings. The summed E-state index contributed by atoms with van der Waals surface area (Å²) in [6, 6.07) is 6.44. The molecule has 4 rings (SSSR count). The number of halogens is 3. The Hall–Kier alpha value is -2.88. The van der Waals surface area contributed by atoms with Crippen molar-refractivity contribution in [1.82, 2.24) is 14.7 Å². The fourth-order valence-electron chi connectivity index (χ4n) is 3.60. The predicted octanol–water partition coefficient (Wildman–Crippen LogP) is 4.58. The molecule has 1 saturated heterocycles. The van der Waals surface area contributed by atoms with Crippen molar-refractivity contribution in [1.29, 1.82) is 0 Å². The Kier molecular flexibility index (Phi) is 5.50. The standard InChI is InChI=1S/C21H20F3N3O3S/c1-12-16-11-17(20(29)30-13(2)18(28)26-8-3-4-9-26)31-19(16)27(25-12)15-7-5-6-14(10-15)21(22,23)24/h5-7,10-11,13H,3-4,8-9H2,1-2H3. The molecule has 31 heavy (non-hydrogen) atoms. The second-order valence-electron chi connectivity index (χ2n) is 7.45. The number of hydrogen-bond acceptors (Lipinski definition) is 5. The van der Waals surface area contributed by atoms with Crippen molar-refractivity contribution in [2.24, 2.45) is 0 Å². The van der Waals surface area contributed by atoms with E-state index in [0.29, 0.717) is 29.0 Å². The summed E-state index contributed by atoms with van der Waals surface area (Å²) in [5.74, 6) is -0.866. The number of fused-ring (bicyclic) bond motifs is 1. The molecule has 3 heterocycles. The van der Waals surface area contributed by atoms with Crippen LogP contribution >= 0.6 is 11.3 Å². The molecule has 0 saturated carbocycles. The number of esters is 1. The highest BCUT2D eigenvalue weighted by Crippen LogP contribution is 2.34. The van der Waals surface area contributed by atoms with Crippen molar-refractivity contribution in [3.8, 4) is 5.69 Å². The SMILES string of the molecule is Cc1nn(-c2cccc(C(F)(F)F)c2)c2sc(C(=O)OC(C)C(=O)N3CCCC3)cc12. The Labute approximate surface area is 180 Å². The van der Waals surface area contributed by atoms with Crippen molar-refractivity contribution >= 4 is 33.4 Å². The van der Waals surface area contributed by atoms with Crippen LogP contribution in [0.5, 0.6) is 0 Å². The zero-order valence-electron chi connectivity index (χ0n) is 16.9. The van der Waals surface area contributed by atoms with Crippen LogP contribution in [-0.4, -0.2) is 45.8 Å². The van der Waals surface area contributed by atoms with Crippen molar-refractivity contribution in [3.05, 3.63) is 46.5 Å². The summed E-state index contributed by atoms with van der Waals surface area (Å²) < 4.78 is 46.0. The molecule has 2 aromatic heterocycles. The smallest absolute Gasteiger partial charge is 0.416 e. The van der Waals surface area contributed by atoms with Crippen LogP contribution in [0.1, 0.15) is 40.7 Å². The van der Waals surface area contributed by atoms with Crippen molar-refractivity contribution in [2.75, 3.05) is 13.1 Å². The van der Waals surface area contributed by atoms with Crippen LogP contribution in [-0.2, 0) is 15.7 Å². The Balaban J connectivity index is 1.60. The Morgan fingerprint density at radius 1 is 1.19 bits per heavy atom. The van der Waals surface area contributed by atoms with Crippen LogP contribution in [0, 0.1) is 6.92 Å². The van der Waals surface area contributed by atoms with Gasteiger partial charge in [0.2, 0.25) is 0 Å². The van der Waals surface area contributed by atoms with Gasteiger partial charge in [0.15, 0.2) is 6.10 Å². The van der Waals surface area contributed by atoms with E-state index in [2.05, 4.69) is 5.10 Å². The highest BCUT2D eigenvalue weighted by Gasteiger charge is 2.31. The molecule has 6 nitrogen and oxygen atoms in total. The first-order valence-electron chi connectivity index (χ1n) is 9.81. The number of nitrogens with zero attached hydrogens (tertiary/aromatic N) is 3. The fourth-order valence-corrected chi connectivity index (χ4v) is 4.67. The first kappa shape index (κ1) is 21.4. The summed E-state index contributed by atoms with van der Waals surface area (Å²) in [7, 11) is 0. The van der Waals surface area contributed by atoms with Gasteiger partial charge in [-0.05, 0) is 51.0 Å². The summed E-state index contributed by atoms with van der Waals surface area (Å²) >= 11 is 1.07. The number of aryl methyl sites for hydroxylation is 1. The average Bonchev–Trinajstić information content (AvgIpc) is 3.45. The van der Waals surface area contributed by atoms with Gasteiger partial charge in [0.05, 0.1) is 16.9 Å². The zero-order valence-corrected chi connectivity index (χ0v) is 17.7.